The fourth-order valence-electron chi connectivity index (χ4n) is 4.13. The molecule has 0 saturated carbocycles. The summed E-state index contributed by atoms with van der Waals surface area (Å²) in [4.78, 5) is 21.4. The lowest BCUT2D eigenvalue weighted by Gasteiger charge is -2.31. The van der Waals surface area contributed by atoms with E-state index in [0.717, 1.165) is 17.3 Å². The van der Waals surface area contributed by atoms with Crippen LogP contribution < -0.4 is 19.1 Å². The highest BCUT2D eigenvalue weighted by molar-refractivity contribution is 7.99. The van der Waals surface area contributed by atoms with Gasteiger partial charge in [-0.1, -0.05) is 53.7 Å². The molecule has 1 amide bonds. The van der Waals surface area contributed by atoms with Crippen molar-refractivity contribution >= 4 is 50.7 Å². The van der Waals surface area contributed by atoms with Crippen molar-refractivity contribution in [1.82, 2.24) is 9.97 Å². The third-order valence-corrected chi connectivity index (χ3v) is 8.81. The highest BCUT2D eigenvalue weighted by Gasteiger charge is 2.37. The maximum absolute atomic E-state index is 13.7. The molecule has 0 atom stereocenters. The minimum Gasteiger partial charge on any atom is -0.493 e. The lowest BCUT2D eigenvalue weighted by atomic mass is 10.1. The van der Waals surface area contributed by atoms with Crippen LogP contribution in [0.2, 0.25) is 5.02 Å². The maximum Gasteiger partial charge on any atom is 0.268 e. The van der Waals surface area contributed by atoms with Crippen LogP contribution in [0.4, 0.5) is 11.4 Å². The molecule has 0 fully saturated rings. The number of halogens is 1. The Morgan fingerprint density at radius 3 is 2.54 bits per heavy atom. The van der Waals surface area contributed by atoms with Crippen molar-refractivity contribution in [2.75, 3.05) is 29.6 Å². The topological polar surface area (TPSA) is 111 Å². The number of nitrogens with zero attached hydrogens (tertiary/aromatic N) is 3. The first-order valence-corrected chi connectivity index (χ1v) is 14.5. The number of rotatable bonds is 8. The van der Waals surface area contributed by atoms with E-state index in [9.17, 15) is 13.2 Å². The summed E-state index contributed by atoms with van der Waals surface area (Å²) in [5.41, 5.74) is 2.66. The number of fused-ring (bicyclic) bond motifs is 3. The van der Waals surface area contributed by atoms with Gasteiger partial charge in [-0.3, -0.25) is 9.10 Å². The molecule has 1 aliphatic heterocycles. The van der Waals surface area contributed by atoms with Crippen LogP contribution >= 0.6 is 23.4 Å². The number of benzene rings is 3. The van der Waals surface area contributed by atoms with E-state index >= 15 is 0 Å². The Hall–Kier alpha value is -3.80. The highest BCUT2D eigenvalue weighted by Crippen LogP contribution is 2.44. The van der Waals surface area contributed by atoms with Gasteiger partial charge in [0.05, 0.1) is 44.1 Å². The molecular formula is C27H23ClN4O5S2. The van der Waals surface area contributed by atoms with Gasteiger partial charge >= 0.3 is 0 Å². The monoisotopic (exact) mass is 582 g/mol. The SMILES string of the molecule is COc1ccc(NC(=O)CSc2ncc3c(n2)-c2cc(Cl)ccc2N(Cc2ccccc2)S3(=O)=O)cc1OC. The summed E-state index contributed by atoms with van der Waals surface area (Å²) >= 11 is 7.39. The summed E-state index contributed by atoms with van der Waals surface area (Å²) in [6, 6.07) is 19.4. The maximum atomic E-state index is 13.7. The van der Waals surface area contributed by atoms with E-state index in [0.29, 0.717) is 33.5 Å². The van der Waals surface area contributed by atoms with Crippen LogP contribution in [0.1, 0.15) is 5.56 Å². The number of methoxy groups -OCH3 is 2. The number of carbonyl (C=O) groups excluding carboxylic acids is 1. The molecule has 39 heavy (non-hydrogen) atoms. The molecule has 0 unspecified atom stereocenters. The second kappa shape index (κ2) is 11.1. The number of anilines is 2. The zero-order valence-corrected chi connectivity index (χ0v) is 23.3. The van der Waals surface area contributed by atoms with Gasteiger partial charge in [-0.05, 0) is 35.9 Å². The lowest BCUT2D eigenvalue weighted by molar-refractivity contribution is -0.113. The predicted octanol–water partition coefficient (Wildman–Crippen LogP) is 5.25. The smallest absolute Gasteiger partial charge is 0.268 e. The number of nitrogens with one attached hydrogen (secondary N) is 1. The Morgan fingerprint density at radius 2 is 1.79 bits per heavy atom. The summed E-state index contributed by atoms with van der Waals surface area (Å²) in [5, 5.41) is 3.50. The second-order valence-electron chi connectivity index (χ2n) is 8.43. The first-order valence-electron chi connectivity index (χ1n) is 11.7. The molecule has 0 spiro atoms. The first kappa shape index (κ1) is 26.8. The zero-order valence-electron chi connectivity index (χ0n) is 20.9. The molecule has 3 aromatic carbocycles. The number of sulfonamides is 1. The molecule has 200 valence electrons. The normalized spacial score (nSPS) is 13.3. The number of amides is 1. The minimum atomic E-state index is -3.95. The molecule has 0 saturated heterocycles. The van der Waals surface area contributed by atoms with E-state index < -0.39 is 10.0 Å². The fourth-order valence-corrected chi connectivity index (χ4v) is 6.48. The van der Waals surface area contributed by atoms with E-state index in [2.05, 4.69) is 15.3 Å². The van der Waals surface area contributed by atoms with Gasteiger partial charge in [-0.15, -0.1) is 0 Å². The second-order valence-corrected chi connectivity index (χ2v) is 11.6. The lowest BCUT2D eigenvalue weighted by Crippen LogP contribution is -2.34. The quantitative estimate of drug-likeness (QED) is 0.221. The molecule has 4 aromatic rings. The third kappa shape index (κ3) is 5.51. The minimum absolute atomic E-state index is 0.00240. The average Bonchev–Trinajstić information content (AvgIpc) is 2.94. The molecule has 1 aliphatic rings. The van der Waals surface area contributed by atoms with Crippen molar-refractivity contribution in [2.24, 2.45) is 0 Å². The predicted molar refractivity (Wildman–Crippen MR) is 151 cm³/mol. The van der Waals surface area contributed by atoms with Crippen LogP contribution in [0.25, 0.3) is 11.3 Å². The first-order chi connectivity index (χ1) is 18.8. The molecule has 9 nitrogen and oxygen atoms in total. The number of thioether (sulfide) groups is 1. The average molecular weight is 583 g/mol. The summed E-state index contributed by atoms with van der Waals surface area (Å²) in [6.45, 7) is 0.143. The van der Waals surface area contributed by atoms with Crippen LogP contribution in [-0.2, 0) is 21.4 Å². The Labute approximate surface area is 235 Å². The van der Waals surface area contributed by atoms with E-state index in [1.54, 1.807) is 36.4 Å². The van der Waals surface area contributed by atoms with Gasteiger partial charge in [-0.2, -0.15) is 0 Å². The van der Waals surface area contributed by atoms with Gasteiger partial charge in [0, 0.05) is 22.3 Å². The molecule has 0 bridgehead atoms. The van der Waals surface area contributed by atoms with Gasteiger partial charge in [0.15, 0.2) is 16.7 Å². The fraction of sp³-hybridized carbons (Fsp3) is 0.148. The summed E-state index contributed by atoms with van der Waals surface area (Å²) in [7, 11) is -0.909. The molecule has 1 aromatic heterocycles. The molecule has 0 aliphatic carbocycles. The standard InChI is InChI=1S/C27H23ClN4O5S2/c1-36-22-11-9-19(13-23(22)37-2)30-25(33)16-38-27-29-14-24-26(31-27)20-12-18(28)8-10-21(20)32(39(24,34)35)15-17-6-4-3-5-7-17/h3-14H,15-16H2,1-2H3,(H,30,33). The van der Waals surface area contributed by atoms with Crippen LogP contribution in [0.3, 0.4) is 0 Å². The molecule has 0 radical (unpaired) electrons. The summed E-state index contributed by atoms with van der Waals surface area (Å²) in [6.07, 6.45) is 1.29. The Morgan fingerprint density at radius 1 is 1.03 bits per heavy atom. The van der Waals surface area contributed by atoms with Crippen LogP contribution in [0.15, 0.2) is 83.0 Å². The van der Waals surface area contributed by atoms with Crippen molar-refractivity contribution in [3.63, 3.8) is 0 Å². The Bertz CT molecular complexity index is 1650. The van der Waals surface area contributed by atoms with Gasteiger partial charge in [0.2, 0.25) is 5.91 Å². The van der Waals surface area contributed by atoms with Crippen LogP contribution in [0, 0.1) is 0 Å². The number of hydrogen-bond acceptors (Lipinski definition) is 8. The van der Waals surface area contributed by atoms with Crippen molar-refractivity contribution in [1.29, 1.82) is 0 Å². The van der Waals surface area contributed by atoms with E-state index in [-0.39, 0.29) is 34.0 Å². The molecule has 12 heteroatoms. The number of hydrogen-bond donors (Lipinski definition) is 1. The van der Waals surface area contributed by atoms with Gasteiger partial charge in [-0.25, -0.2) is 18.4 Å². The molecule has 1 N–H and O–H groups in total. The van der Waals surface area contributed by atoms with Crippen molar-refractivity contribution in [2.45, 2.75) is 16.6 Å². The van der Waals surface area contributed by atoms with Crippen LogP contribution in [-0.4, -0.2) is 44.3 Å². The molecule has 2 heterocycles. The van der Waals surface area contributed by atoms with Crippen molar-refractivity contribution in [3.05, 3.63) is 83.5 Å². The summed E-state index contributed by atoms with van der Waals surface area (Å²) in [5.74, 6) is 0.743. The van der Waals surface area contributed by atoms with Crippen LogP contribution in [0.5, 0.6) is 11.5 Å². The summed E-state index contributed by atoms with van der Waals surface area (Å²) < 4.78 is 39.1. The molecule has 5 rings (SSSR count). The van der Waals surface area contributed by atoms with Crippen molar-refractivity contribution in [3.8, 4) is 22.8 Å². The van der Waals surface area contributed by atoms with Gasteiger partial charge in [0.25, 0.3) is 10.0 Å². The zero-order chi connectivity index (χ0) is 27.6. The molecular weight excluding hydrogens is 560 g/mol. The van der Waals surface area contributed by atoms with E-state index in [1.165, 1.54) is 24.7 Å². The van der Waals surface area contributed by atoms with E-state index in [4.69, 9.17) is 21.1 Å². The van der Waals surface area contributed by atoms with E-state index in [1.807, 2.05) is 30.3 Å². The van der Waals surface area contributed by atoms with Gasteiger partial charge < -0.3 is 14.8 Å². The van der Waals surface area contributed by atoms with Gasteiger partial charge in [0.1, 0.15) is 4.90 Å². The largest absolute Gasteiger partial charge is 0.493 e. The third-order valence-electron chi connectivity index (χ3n) is 5.95. The van der Waals surface area contributed by atoms with Crippen molar-refractivity contribution < 1.29 is 22.7 Å². The Balaban J connectivity index is 1.39. The number of aromatic nitrogens is 2. The Kier molecular flexibility index (Phi) is 7.65. The number of carbonyl (C=O) groups is 1. The number of ether oxygens (including phenoxy) is 2. The highest BCUT2D eigenvalue weighted by atomic mass is 35.5.